The lowest BCUT2D eigenvalue weighted by Crippen LogP contribution is -2.41. The van der Waals surface area contributed by atoms with Gasteiger partial charge in [0.1, 0.15) is 6.04 Å². The molecule has 1 atom stereocenters. The first-order valence-electron chi connectivity index (χ1n) is 7.23. The van der Waals surface area contributed by atoms with Gasteiger partial charge in [-0.15, -0.1) is 0 Å². The number of hydrogen-bond donors (Lipinski definition) is 4. The molecule has 0 fully saturated rings. The normalized spacial score (nSPS) is 11.2. The van der Waals surface area contributed by atoms with Crippen LogP contribution in [0.25, 0.3) is 0 Å². The Kier molecular flexibility index (Phi) is 5.56. The molecular formula is C16H18N4O4. The van der Waals surface area contributed by atoms with Crippen LogP contribution in [-0.2, 0) is 4.79 Å². The number of hydrogen-bond acceptors (Lipinski definition) is 4. The molecule has 0 radical (unpaired) electrons. The zero-order valence-electron chi connectivity index (χ0n) is 13.3. The van der Waals surface area contributed by atoms with E-state index in [9.17, 15) is 14.4 Å². The summed E-state index contributed by atoms with van der Waals surface area (Å²) in [6.07, 6.45) is 1.38. The van der Waals surface area contributed by atoms with E-state index in [4.69, 9.17) is 4.42 Å². The Labute approximate surface area is 138 Å². The van der Waals surface area contributed by atoms with Gasteiger partial charge in [0.15, 0.2) is 5.76 Å². The van der Waals surface area contributed by atoms with Crippen LogP contribution in [0.3, 0.4) is 0 Å². The van der Waals surface area contributed by atoms with Crippen molar-refractivity contribution in [3.63, 3.8) is 0 Å². The Morgan fingerprint density at radius 2 is 1.75 bits per heavy atom. The van der Waals surface area contributed by atoms with Gasteiger partial charge in [0.25, 0.3) is 5.91 Å². The van der Waals surface area contributed by atoms with Crippen LogP contribution in [0, 0.1) is 0 Å². The number of benzene rings is 1. The van der Waals surface area contributed by atoms with Gasteiger partial charge in [-0.05, 0) is 37.3 Å². The molecule has 0 spiro atoms. The van der Waals surface area contributed by atoms with Crippen molar-refractivity contribution >= 4 is 29.2 Å². The van der Waals surface area contributed by atoms with Crippen LogP contribution in [0.2, 0.25) is 0 Å². The Balaban J connectivity index is 1.94. The highest BCUT2D eigenvalue weighted by Crippen LogP contribution is 2.15. The summed E-state index contributed by atoms with van der Waals surface area (Å²) in [6.45, 7) is 1.56. The van der Waals surface area contributed by atoms with Gasteiger partial charge in [-0.3, -0.25) is 9.59 Å². The van der Waals surface area contributed by atoms with E-state index in [-0.39, 0.29) is 11.8 Å². The van der Waals surface area contributed by atoms with Gasteiger partial charge in [0.05, 0.1) is 6.26 Å². The van der Waals surface area contributed by atoms with Crippen molar-refractivity contribution in [3.05, 3.63) is 48.4 Å². The van der Waals surface area contributed by atoms with Crippen molar-refractivity contribution in [3.8, 4) is 0 Å². The predicted octanol–water partition coefficient (Wildman–Crippen LogP) is 1.79. The van der Waals surface area contributed by atoms with Crippen LogP contribution in [0.1, 0.15) is 17.5 Å². The van der Waals surface area contributed by atoms with Gasteiger partial charge in [-0.1, -0.05) is 6.07 Å². The molecule has 0 aliphatic heterocycles. The van der Waals surface area contributed by atoms with Gasteiger partial charge in [0, 0.05) is 18.4 Å². The lowest BCUT2D eigenvalue weighted by Gasteiger charge is -2.14. The molecular weight excluding hydrogens is 312 g/mol. The predicted molar refractivity (Wildman–Crippen MR) is 88.8 cm³/mol. The second-order valence-corrected chi connectivity index (χ2v) is 4.95. The third-order valence-electron chi connectivity index (χ3n) is 3.10. The Bertz CT molecular complexity index is 727. The van der Waals surface area contributed by atoms with E-state index in [1.165, 1.54) is 19.4 Å². The summed E-state index contributed by atoms with van der Waals surface area (Å²) >= 11 is 0. The summed E-state index contributed by atoms with van der Waals surface area (Å²) in [5.74, 6) is -0.740. The topological polar surface area (TPSA) is 112 Å². The number of urea groups is 1. The second kappa shape index (κ2) is 7.82. The molecule has 8 heteroatoms. The Hall–Kier alpha value is -3.29. The molecule has 0 aliphatic carbocycles. The van der Waals surface area contributed by atoms with E-state index in [0.29, 0.717) is 11.4 Å². The Morgan fingerprint density at radius 1 is 1.04 bits per heavy atom. The van der Waals surface area contributed by atoms with E-state index in [1.807, 2.05) is 0 Å². The average molecular weight is 330 g/mol. The minimum atomic E-state index is -0.766. The van der Waals surface area contributed by atoms with Gasteiger partial charge >= 0.3 is 6.03 Å². The quantitative estimate of drug-likeness (QED) is 0.669. The molecule has 24 heavy (non-hydrogen) atoms. The molecule has 1 heterocycles. The van der Waals surface area contributed by atoms with Crippen molar-refractivity contribution in [1.29, 1.82) is 0 Å². The molecule has 0 saturated carbocycles. The first-order chi connectivity index (χ1) is 11.5. The van der Waals surface area contributed by atoms with E-state index >= 15 is 0 Å². The zero-order valence-corrected chi connectivity index (χ0v) is 13.3. The van der Waals surface area contributed by atoms with E-state index in [0.717, 1.165) is 0 Å². The molecule has 126 valence electrons. The van der Waals surface area contributed by atoms with Crippen LogP contribution in [0.15, 0.2) is 47.1 Å². The fourth-order valence-electron chi connectivity index (χ4n) is 1.86. The largest absolute Gasteiger partial charge is 0.459 e. The highest BCUT2D eigenvalue weighted by Gasteiger charge is 2.18. The minimum Gasteiger partial charge on any atom is -0.459 e. The van der Waals surface area contributed by atoms with Crippen molar-refractivity contribution in [1.82, 2.24) is 10.6 Å². The molecule has 1 aromatic heterocycles. The molecule has 1 unspecified atom stereocenters. The highest BCUT2D eigenvalue weighted by atomic mass is 16.3. The average Bonchev–Trinajstić information content (AvgIpc) is 3.09. The summed E-state index contributed by atoms with van der Waals surface area (Å²) in [5.41, 5.74) is 1.02. The molecule has 8 nitrogen and oxygen atoms in total. The maximum atomic E-state index is 12.2. The SMILES string of the molecule is CNC(=O)Nc1cccc(NC(=O)C(C)NC(=O)c2ccco2)c1. The third-order valence-corrected chi connectivity index (χ3v) is 3.10. The number of furan rings is 1. The van der Waals surface area contributed by atoms with Gasteiger partial charge in [-0.2, -0.15) is 0 Å². The Morgan fingerprint density at radius 3 is 2.38 bits per heavy atom. The van der Waals surface area contributed by atoms with Crippen LogP contribution in [0.5, 0.6) is 0 Å². The van der Waals surface area contributed by atoms with Crippen LogP contribution in [0.4, 0.5) is 16.2 Å². The van der Waals surface area contributed by atoms with Gasteiger partial charge in [0.2, 0.25) is 5.91 Å². The minimum absolute atomic E-state index is 0.131. The molecule has 0 aliphatic rings. The molecule has 2 rings (SSSR count). The smallest absolute Gasteiger partial charge is 0.318 e. The number of carbonyl (C=O) groups excluding carboxylic acids is 3. The van der Waals surface area contributed by atoms with Crippen LogP contribution in [-0.4, -0.2) is 30.9 Å². The van der Waals surface area contributed by atoms with E-state index in [2.05, 4.69) is 21.3 Å². The highest BCUT2D eigenvalue weighted by molar-refractivity contribution is 6.00. The van der Waals surface area contributed by atoms with Gasteiger partial charge < -0.3 is 25.7 Å². The number of amides is 4. The van der Waals surface area contributed by atoms with Crippen molar-refractivity contribution in [2.24, 2.45) is 0 Å². The molecule has 1 aromatic carbocycles. The number of nitrogens with one attached hydrogen (secondary N) is 4. The summed E-state index contributed by atoms with van der Waals surface area (Å²) in [6, 6.07) is 8.62. The van der Waals surface area contributed by atoms with Crippen LogP contribution < -0.4 is 21.3 Å². The molecule has 4 amide bonds. The summed E-state index contributed by atoms with van der Waals surface area (Å²) in [4.78, 5) is 35.3. The monoisotopic (exact) mass is 330 g/mol. The van der Waals surface area contributed by atoms with Crippen molar-refractivity contribution in [2.75, 3.05) is 17.7 Å². The zero-order chi connectivity index (χ0) is 17.5. The van der Waals surface area contributed by atoms with Crippen LogP contribution >= 0.6 is 0 Å². The molecule has 2 aromatic rings. The standard InChI is InChI=1S/C16H18N4O4/c1-10(18-15(22)13-7-4-8-24-13)14(21)19-11-5-3-6-12(9-11)20-16(23)17-2/h3-10H,1-2H3,(H,18,22)(H,19,21)(H2,17,20,23). The molecule has 4 N–H and O–H groups in total. The first kappa shape index (κ1) is 17.1. The molecule has 0 bridgehead atoms. The van der Waals surface area contributed by atoms with Crippen molar-refractivity contribution < 1.29 is 18.8 Å². The van der Waals surface area contributed by atoms with E-state index in [1.54, 1.807) is 37.3 Å². The van der Waals surface area contributed by atoms with E-state index < -0.39 is 17.9 Å². The fourth-order valence-corrected chi connectivity index (χ4v) is 1.86. The summed E-state index contributed by atoms with van der Waals surface area (Å²) in [5, 5.41) is 10.2. The summed E-state index contributed by atoms with van der Waals surface area (Å²) < 4.78 is 4.97. The van der Waals surface area contributed by atoms with Crippen molar-refractivity contribution in [2.45, 2.75) is 13.0 Å². The van der Waals surface area contributed by atoms with Gasteiger partial charge in [-0.25, -0.2) is 4.79 Å². The fraction of sp³-hybridized carbons (Fsp3) is 0.188. The maximum Gasteiger partial charge on any atom is 0.318 e. The number of carbonyl (C=O) groups is 3. The third kappa shape index (κ3) is 4.60. The second-order valence-electron chi connectivity index (χ2n) is 4.95. The molecule has 0 saturated heterocycles. The lowest BCUT2D eigenvalue weighted by molar-refractivity contribution is -0.117. The maximum absolute atomic E-state index is 12.2. The number of rotatable bonds is 5. The summed E-state index contributed by atoms with van der Waals surface area (Å²) in [7, 11) is 1.50. The first-order valence-corrected chi connectivity index (χ1v) is 7.23. The lowest BCUT2D eigenvalue weighted by atomic mass is 10.2. The number of anilines is 2.